The van der Waals surface area contributed by atoms with Crippen LogP contribution < -0.4 is 5.73 Å². The maximum Gasteiger partial charge on any atom is 0.182 e. The van der Waals surface area contributed by atoms with Gasteiger partial charge in [-0.2, -0.15) is 0 Å². The van der Waals surface area contributed by atoms with Gasteiger partial charge in [0, 0.05) is 5.56 Å². The summed E-state index contributed by atoms with van der Waals surface area (Å²) < 4.78 is 1.84. The fraction of sp³-hybridized carbons (Fsp3) is 0.462. The molecule has 2 unspecified atom stereocenters. The van der Waals surface area contributed by atoms with Gasteiger partial charge in [-0.15, -0.1) is 5.10 Å². The first-order valence-corrected chi connectivity index (χ1v) is 6.75. The van der Waals surface area contributed by atoms with Crippen LogP contribution in [0.4, 0.5) is 5.69 Å². The predicted octanol–water partition coefficient (Wildman–Crippen LogP) is 3.18. The van der Waals surface area contributed by atoms with Crippen LogP contribution in [0, 0.1) is 5.92 Å². The first-order chi connectivity index (χ1) is 9.04. The molecule has 6 heteroatoms. The van der Waals surface area contributed by atoms with Crippen LogP contribution in [-0.4, -0.2) is 20.2 Å². The SMILES string of the molecule is CCC(C)C(C)n1nnnc1-c1ccc(Cl)c(N)c1. The standard InChI is InChI=1S/C13H18ClN5/c1-4-8(2)9(3)19-13(16-17-18-19)10-5-6-11(14)12(15)7-10/h5-9H,4,15H2,1-3H3. The average molecular weight is 280 g/mol. The number of hydrogen-bond acceptors (Lipinski definition) is 4. The Morgan fingerprint density at radius 3 is 2.74 bits per heavy atom. The molecule has 0 saturated heterocycles. The molecule has 0 aliphatic heterocycles. The molecule has 1 heterocycles. The van der Waals surface area contributed by atoms with E-state index in [1.54, 1.807) is 12.1 Å². The minimum Gasteiger partial charge on any atom is -0.398 e. The van der Waals surface area contributed by atoms with Crippen LogP contribution in [0.1, 0.15) is 33.2 Å². The average Bonchev–Trinajstić information content (AvgIpc) is 2.89. The molecule has 0 spiro atoms. The van der Waals surface area contributed by atoms with Crippen molar-refractivity contribution in [1.29, 1.82) is 0 Å². The summed E-state index contributed by atoms with van der Waals surface area (Å²) in [6.07, 6.45) is 1.07. The molecule has 1 aromatic carbocycles. The van der Waals surface area contributed by atoms with Gasteiger partial charge in [0.2, 0.25) is 0 Å². The van der Waals surface area contributed by atoms with Crippen molar-refractivity contribution in [3.8, 4) is 11.4 Å². The van der Waals surface area contributed by atoms with Crippen molar-refractivity contribution < 1.29 is 0 Å². The van der Waals surface area contributed by atoms with E-state index in [1.165, 1.54) is 0 Å². The van der Waals surface area contributed by atoms with E-state index < -0.39 is 0 Å². The third-order valence-corrected chi connectivity index (χ3v) is 3.94. The van der Waals surface area contributed by atoms with E-state index in [0.29, 0.717) is 16.6 Å². The van der Waals surface area contributed by atoms with Crippen molar-refractivity contribution in [3.05, 3.63) is 23.2 Å². The summed E-state index contributed by atoms with van der Waals surface area (Å²) in [5.41, 5.74) is 7.24. The Kier molecular flexibility index (Phi) is 4.04. The topological polar surface area (TPSA) is 69.6 Å². The summed E-state index contributed by atoms with van der Waals surface area (Å²) >= 11 is 5.93. The first-order valence-electron chi connectivity index (χ1n) is 6.37. The van der Waals surface area contributed by atoms with Crippen molar-refractivity contribution in [2.45, 2.75) is 33.2 Å². The number of anilines is 1. The minimum atomic E-state index is 0.229. The van der Waals surface area contributed by atoms with Gasteiger partial charge in [-0.3, -0.25) is 0 Å². The van der Waals surface area contributed by atoms with Crippen molar-refractivity contribution in [2.75, 3.05) is 5.73 Å². The van der Waals surface area contributed by atoms with Gasteiger partial charge in [0.1, 0.15) is 0 Å². The molecule has 0 radical (unpaired) electrons. The number of rotatable bonds is 4. The van der Waals surface area contributed by atoms with E-state index in [0.717, 1.165) is 17.8 Å². The lowest BCUT2D eigenvalue weighted by molar-refractivity contribution is 0.340. The summed E-state index contributed by atoms with van der Waals surface area (Å²) in [5, 5.41) is 12.5. The van der Waals surface area contributed by atoms with Crippen molar-refractivity contribution >= 4 is 17.3 Å². The Morgan fingerprint density at radius 2 is 2.11 bits per heavy atom. The zero-order chi connectivity index (χ0) is 14.0. The maximum atomic E-state index is 5.93. The Labute approximate surface area is 117 Å². The number of nitrogen functional groups attached to an aromatic ring is 1. The first kappa shape index (κ1) is 13.8. The monoisotopic (exact) mass is 279 g/mol. The summed E-state index contributed by atoms with van der Waals surface area (Å²) in [4.78, 5) is 0. The molecular weight excluding hydrogens is 262 g/mol. The lowest BCUT2D eigenvalue weighted by Gasteiger charge is -2.19. The van der Waals surface area contributed by atoms with Gasteiger partial charge in [0.05, 0.1) is 16.8 Å². The number of benzene rings is 1. The Balaban J connectivity index is 2.41. The molecule has 2 rings (SSSR count). The molecule has 0 aliphatic carbocycles. The molecule has 0 fully saturated rings. The van der Waals surface area contributed by atoms with Crippen LogP contribution >= 0.6 is 11.6 Å². The highest BCUT2D eigenvalue weighted by molar-refractivity contribution is 6.33. The highest BCUT2D eigenvalue weighted by Crippen LogP contribution is 2.28. The van der Waals surface area contributed by atoms with Gasteiger partial charge in [-0.05, 0) is 41.5 Å². The molecule has 1 aromatic heterocycles. The van der Waals surface area contributed by atoms with Gasteiger partial charge in [0.15, 0.2) is 5.82 Å². The minimum absolute atomic E-state index is 0.229. The molecule has 102 valence electrons. The molecule has 0 bridgehead atoms. The summed E-state index contributed by atoms with van der Waals surface area (Å²) in [5.74, 6) is 1.21. The Bertz CT molecular complexity index is 566. The third-order valence-electron chi connectivity index (χ3n) is 3.60. The number of nitrogens with two attached hydrogens (primary N) is 1. The van der Waals surface area contributed by atoms with Gasteiger partial charge < -0.3 is 5.73 Å². The van der Waals surface area contributed by atoms with Gasteiger partial charge in [0.25, 0.3) is 0 Å². The summed E-state index contributed by atoms with van der Waals surface area (Å²) in [6, 6.07) is 5.67. The number of aromatic nitrogens is 4. The summed E-state index contributed by atoms with van der Waals surface area (Å²) in [6.45, 7) is 6.46. The van der Waals surface area contributed by atoms with Crippen LogP contribution in [0.15, 0.2) is 18.2 Å². The number of tetrazole rings is 1. The largest absolute Gasteiger partial charge is 0.398 e. The quantitative estimate of drug-likeness (QED) is 0.873. The summed E-state index contributed by atoms with van der Waals surface area (Å²) in [7, 11) is 0. The second-order valence-electron chi connectivity index (χ2n) is 4.81. The maximum absolute atomic E-state index is 5.93. The zero-order valence-electron chi connectivity index (χ0n) is 11.3. The molecule has 0 saturated carbocycles. The predicted molar refractivity (Wildman–Crippen MR) is 76.8 cm³/mol. The van der Waals surface area contributed by atoms with E-state index in [2.05, 4.69) is 36.3 Å². The molecule has 2 N–H and O–H groups in total. The smallest absolute Gasteiger partial charge is 0.182 e. The van der Waals surface area contributed by atoms with E-state index >= 15 is 0 Å². The van der Waals surface area contributed by atoms with Crippen molar-refractivity contribution in [1.82, 2.24) is 20.2 Å². The second-order valence-corrected chi connectivity index (χ2v) is 5.22. The molecule has 0 aliphatic rings. The fourth-order valence-corrected chi connectivity index (χ4v) is 2.04. The van der Waals surface area contributed by atoms with Crippen LogP contribution in [0.25, 0.3) is 11.4 Å². The Morgan fingerprint density at radius 1 is 1.37 bits per heavy atom. The lowest BCUT2D eigenvalue weighted by atomic mass is 10.0. The van der Waals surface area contributed by atoms with E-state index in [-0.39, 0.29) is 6.04 Å². The van der Waals surface area contributed by atoms with Crippen LogP contribution in [0.2, 0.25) is 5.02 Å². The molecule has 2 atom stereocenters. The molecule has 19 heavy (non-hydrogen) atoms. The van der Waals surface area contributed by atoms with Crippen LogP contribution in [-0.2, 0) is 0 Å². The van der Waals surface area contributed by atoms with Crippen LogP contribution in [0.5, 0.6) is 0 Å². The van der Waals surface area contributed by atoms with Gasteiger partial charge in [-0.1, -0.05) is 31.9 Å². The molecule has 2 aromatic rings. The third kappa shape index (κ3) is 2.71. The molecule has 0 amide bonds. The van der Waals surface area contributed by atoms with E-state index in [4.69, 9.17) is 17.3 Å². The highest BCUT2D eigenvalue weighted by atomic mass is 35.5. The zero-order valence-corrected chi connectivity index (χ0v) is 12.1. The van der Waals surface area contributed by atoms with E-state index in [9.17, 15) is 0 Å². The number of nitrogens with zero attached hydrogens (tertiary/aromatic N) is 4. The number of halogens is 1. The molecule has 5 nitrogen and oxygen atoms in total. The number of hydrogen-bond donors (Lipinski definition) is 1. The molecular formula is C13H18ClN5. The van der Waals surface area contributed by atoms with E-state index in [1.807, 2.05) is 10.7 Å². The van der Waals surface area contributed by atoms with Crippen molar-refractivity contribution in [3.63, 3.8) is 0 Å². The second kappa shape index (κ2) is 5.57. The highest BCUT2D eigenvalue weighted by Gasteiger charge is 2.19. The van der Waals surface area contributed by atoms with Crippen molar-refractivity contribution in [2.24, 2.45) is 5.92 Å². The Hall–Kier alpha value is -1.62. The normalized spacial score (nSPS) is 14.3. The fourth-order valence-electron chi connectivity index (χ4n) is 1.92. The van der Waals surface area contributed by atoms with Gasteiger partial charge >= 0.3 is 0 Å². The van der Waals surface area contributed by atoms with Crippen LogP contribution in [0.3, 0.4) is 0 Å². The van der Waals surface area contributed by atoms with Gasteiger partial charge in [-0.25, -0.2) is 4.68 Å². The lowest BCUT2D eigenvalue weighted by Crippen LogP contribution is -2.16.